The third-order valence-corrected chi connectivity index (χ3v) is 2.52. The van der Waals surface area contributed by atoms with Gasteiger partial charge in [0.05, 0.1) is 35.2 Å². The molecule has 0 aromatic heterocycles. The molecule has 0 fully saturated rings. The van der Waals surface area contributed by atoms with E-state index < -0.39 is 21.2 Å². The third-order valence-electron chi connectivity index (χ3n) is 2.52. The summed E-state index contributed by atoms with van der Waals surface area (Å²) in [6, 6.07) is 1.94. The number of ether oxygens (including phenoxy) is 4. The first-order valence-electron chi connectivity index (χ1n) is 6.21. The van der Waals surface area contributed by atoms with Gasteiger partial charge in [0, 0.05) is 14.2 Å². The molecule has 0 atom stereocenters. The summed E-state index contributed by atoms with van der Waals surface area (Å²) >= 11 is 0. The fraction of sp³-hybridized carbons (Fsp3) is 0.500. The fourth-order valence-electron chi connectivity index (χ4n) is 1.53. The number of nitrogens with zero attached hydrogens (tertiary/aromatic N) is 2. The van der Waals surface area contributed by atoms with Crippen LogP contribution in [0.2, 0.25) is 0 Å². The first kappa shape index (κ1) is 17.6. The van der Waals surface area contributed by atoms with Gasteiger partial charge in [-0.2, -0.15) is 0 Å². The number of nitro benzene ring substituents is 2. The van der Waals surface area contributed by atoms with Crippen LogP contribution < -0.4 is 9.47 Å². The minimum Gasteiger partial charge on any atom is -0.487 e. The average molecular weight is 316 g/mol. The lowest BCUT2D eigenvalue weighted by atomic mass is 10.2. The quantitative estimate of drug-likeness (QED) is 0.362. The molecule has 0 aliphatic rings. The van der Waals surface area contributed by atoms with Crippen LogP contribution in [0.1, 0.15) is 0 Å². The zero-order valence-corrected chi connectivity index (χ0v) is 12.1. The van der Waals surface area contributed by atoms with Crippen LogP contribution in [-0.2, 0) is 9.47 Å². The SMILES string of the molecule is COCCOc1cc([N+](=O)[O-])c([N+](=O)[O-])cc1OCCOC. The Morgan fingerprint density at radius 2 is 1.18 bits per heavy atom. The predicted molar refractivity (Wildman–Crippen MR) is 74.5 cm³/mol. The standard InChI is InChI=1S/C12H16N2O8/c1-19-3-5-21-11-7-9(13(15)16)10(14(17)18)8-12(11)22-6-4-20-2/h7-8H,3-6H2,1-2H3. The number of rotatable bonds is 10. The second-order valence-corrected chi connectivity index (χ2v) is 3.98. The van der Waals surface area contributed by atoms with Gasteiger partial charge in [0.1, 0.15) is 13.2 Å². The normalized spacial score (nSPS) is 10.3. The van der Waals surface area contributed by atoms with Crippen LogP contribution in [0.5, 0.6) is 11.5 Å². The van der Waals surface area contributed by atoms with E-state index in [0.717, 1.165) is 12.1 Å². The Labute approximate surface area is 125 Å². The molecule has 10 heteroatoms. The zero-order chi connectivity index (χ0) is 16.5. The maximum atomic E-state index is 10.9. The predicted octanol–water partition coefficient (Wildman–Crippen LogP) is 1.55. The Morgan fingerprint density at radius 3 is 1.45 bits per heavy atom. The summed E-state index contributed by atoms with van der Waals surface area (Å²) in [4.78, 5) is 20.2. The van der Waals surface area contributed by atoms with E-state index in [0.29, 0.717) is 0 Å². The monoisotopic (exact) mass is 316 g/mol. The molecule has 0 radical (unpaired) electrons. The highest BCUT2D eigenvalue weighted by Gasteiger charge is 2.28. The molecule has 0 N–H and O–H groups in total. The third kappa shape index (κ3) is 4.82. The van der Waals surface area contributed by atoms with E-state index >= 15 is 0 Å². The van der Waals surface area contributed by atoms with Crippen LogP contribution in [0, 0.1) is 20.2 Å². The van der Waals surface area contributed by atoms with Crippen LogP contribution in [-0.4, -0.2) is 50.5 Å². The van der Waals surface area contributed by atoms with Crippen molar-refractivity contribution in [3.8, 4) is 11.5 Å². The van der Waals surface area contributed by atoms with Gasteiger partial charge in [-0.3, -0.25) is 20.2 Å². The Hall–Kier alpha value is -2.46. The van der Waals surface area contributed by atoms with Crippen molar-refractivity contribution in [2.75, 3.05) is 40.6 Å². The van der Waals surface area contributed by atoms with E-state index in [2.05, 4.69) is 0 Å². The van der Waals surface area contributed by atoms with Crippen molar-refractivity contribution in [3.05, 3.63) is 32.4 Å². The molecule has 1 aromatic carbocycles. The lowest BCUT2D eigenvalue weighted by molar-refractivity contribution is -0.422. The number of nitro groups is 2. The highest BCUT2D eigenvalue weighted by molar-refractivity contribution is 5.62. The van der Waals surface area contributed by atoms with Gasteiger partial charge in [-0.05, 0) is 0 Å². The van der Waals surface area contributed by atoms with Crippen molar-refractivity contribution in [1.82, 2.24) is 0 Å². The van der Waals surface area contributed by atoms with Crippen molar-refractivity contribution in [2.45, 2.75) is 0 Å². The Balaban J connectivity index is 3.14. The lowest BCUT2D eigenvalue weighted by Crippen LogP contribution is -2.09. The number of benzene rings is 1. The zero-order valence-electron chi connectivity index (χ0n) is 12.1. The Bertz CT molecular complexity index is 487. The van der Waals surface area contributed by atoms with Gasteiger partial charge in [-0.25, -0.2) is 0 Å². The average Bonchev–Trinajstić information content (AvgIpc) is 2.48. The van der Waals surface area contributed by atoms with Crippen LogP contribution in [0.15, 0.2) is 12.1 Å². The van der Waals surface area contributed by atoms with Crippen molar-refractivity contribution in [3.63, 3.8) is 0 Å². The first-order valence-corrected chi connectivity index (χ1v) is 6.21. The lowest BCUT2D eigenvalue weighted by Gasteiger charge is -2.12. The van der Waals surface area contributed by atoms with Crippen LogP contribution in [0.4, 0.5) is 11.4 Å². The van der Waals surface area contributed by atoms with Crippen molar-refractivity contribution in [1.29, 1.82) is 0 Å². The smallest absolute Gasteiger partial charge is 0.350 e. The molecule has 1 aromatic rings. The summed E-state index contributed by atoms with van der Waals surface area (Å²) in [6.45, 7) is 0.739. The molecule has 10 nitrogen and oxygen atoms in total. The second-order valence-electron chi connectivity index (χ2n) is 3.98. The molecule has 122 valence electrons. The molecule has 0 bridgehead atoms. The van der Waals surface area contributed by atoms with Crippen LogP contribution >= 0.6 is 0 Å². The number of hydrogen-bond acceptors (Lipinski definition) is 8. The summed E-state index contributed by atoms with van der Waals surface area (Å²) in [5.41, 5.74) is -1.34. The van der Waals surface area contributed by atoms with Gasteiger partial charge in [-0.1, -0.05) is 0 Å². The summed E-state index contributed by atoms with van der Waals surface area (Å²) in [6.07, 6.45) is 0. The Morgan fingerprint density at radius 1 is 0.818 bits per heavy atom. The summed E-state index contributed by atoms with van der Waals surface area (Å²) in [5.74, 6) is 0.0657. The van der Waals surface area contributed by atoms with E-state index in [9.17, 15) is 20.2 Å². The molecule has 0 unspecified atom stereocenters. The molecule has 22 heavy (non-hydrogen) atoms. The van der Waals surface area contributed by atoms with Gasteiger partial charge in [0.2, 0.25) is 0 Å². The summed E-state index contributed by atoms with van der Waals surface area (Å²) in [5, 5.41) is 21.9. The minimum atomic E-state index is -0.847. The van der Waals surface area contributed by atoms with E-state index in [1.54, 1.807) is 0 Å². The number of methoxy groups -OCH3 is 2. The molecule has 0 aliphatic heterocycles. The van der Waals surface area contributed by atoms with E-state index in [-0.39, 0.29) is 37.9 Å². The van der Waals surface area contributed by atoms with E-state index in [1.165, 1.54) is 14.2 Å². The maximum Gasteiger partial charge on any atom is 0.350 e. The molecule has 0 saturated heterocycles. The van der Waals surface area contributed by atoms with Crippen LogP contribution in [0.25, 0.3) is 0 Å². The van der Waals surface area contributed by atoms with Gasteiger partial charge in [0.25, 0.3) is 0 Å². The molecule has 0 spiro atoms. The highest BCUT2D eigenvalue weighted by Crippen LogP contribution is 2.39. The molecule has 1 rings (SSSR count). The molecule has 0 aliphatic carbocycles. The largest absolute Gasteiger partial charge is 0.487 e. The summed E-state index contributed by atoms with van der Waals surface area (Å²) in [7, 11) is 2.94. The maximum absolute atomic E-state index is 10.9. The molecule has 0 amide bonds. The number of hydrogen-bond donors (Lipinski definition) is 0. The minimum absolute atomic E-state index is 0.0328. The van der Waals surface area contributed by atoms with Gasteiger partial charge >= 0.3 is 11.4 Å². The van der Waals surface area contributed by atoms with Gasteiger partial charge in [-0.15, -0.1) is 0 Å². The topological polar surface area (TPSA) is 123 Å². The molecule has 0 heterocycles. The van der Waals surface area contributed by atoms with Gasteiger partial charge < -0.3 is 18.9 Å². The molecule has 0 saturated carbocycles. The van der Waals surface area contributed by atoms with Gasteiger partial charge in [0.15, 0.2) is 11.5 Å². The second kappa shape index (κ2) is 8.74. The Kier molecular flexibility index (Phi) is 6.99. The van der Waals surface area contributed by atoms with Crippen molar-refractivity contribution in [2.24, 2.45) is 0 Å². The highest BCUT2D eigenvalue weighted by atomic mass is 16.6. The van der Waals surface area contributed by atoms with E-state index in [4.69, 9.17) is 18.9 Å². The first-order chi connectivity index (χ1) is 10.5. The van der Waals surface area contributed by atoms with Crippen molar-refractivity contribution >= 4 is 11.4 Å². The molecular formula is C12H16N2O8. The van der Waals surface area contributed by atoms with Crippen LogP contribution in [0.3, 0.4) is 0 Å². The van der Waals surface area contributed by atoms with E-state index in [1.807, 2.05) is 0 Å². The summed E-state index contributed by atoms with van der Waals surface area (Å²) < 4.78 is 20.3. The van der Waals surface area contributed by atoms with Crippen molar-refractivity contribution < 1.29 is 28.8 Å². The fourth-order valence-corrected chi connectivity index (χ4v) is 1.53. The molecular weight excluding hydrogens is 300 g/mol.